The van der Waals surface area contributed by atoms with E-state index in [1.807, 2.05) is 18.2 Å². The molecule has 1 aromatic carbocycles. The van der Waals surface area contributed by atoms with Gasteiger partial charge in [0.2, 0.25) is 0 Å². The molecule has 5 nitrogen and oxygen atoms in total. The number of para-hydroxylation sites is 1. The van der Waals surface area contributed by atoms with Crippen LogP contribution in [-0.4, -0.2) is 35.6 Å². The van der Waals surface area contributed by atoms with E-state index in [0.29, 0.717) is 5.69 Å². The zero-order valence-corrected chi connectivity index (χ0v) is 14.8. The maximum absolute atomic E-state index is 8.86. The molecule has 0 amide bonds. The van der Waals surface area contributed by atoms with Crippen LogP contribution < -0.4 is 10.1 Å². The Kier molecular flexibility index (Phi) is 5.64. The van der Waals surface area contributed by atoms with E-state index in [-0.39, 0.29) is 12.1 Å². The first-order valence-electron chi connectivity index (χ1n) is 8.72. The van der Waals surface area contributed by atoms with E-state index in [1.54, 1.807) is 12.3 Å². The molecule has 0 spiro atoms. The van der Waals surface area contributed by atoms with Crippen LogP contribution in [0.25, 0.3) is 0 Å². The molecule has 1 saturated heterocycles. The third-order valence-corrected chi connectivity index (χ3v) is 4.26. The summed E-state index contributed by atoms with van der Waals surface area (Å²) in [6, 6.07) is 14.3. The Morgan fingerprint density at radius 1 is 1.32 bits per heavy atom. The van der Waals surface area contributed by atoms with Crippen molar-refractivity contribution >= 4 is 0 Å². The molecule has 1 fully saturated rings. The minimum absolute atomic E-state index is 0.158. The van der Waals surface area contributed by atoms with Gasteiger partial charge in [0.05, 0.1) is 6.10 Å². The van der Waals surface area contributed by atoms with Gasteiger partial charge in [-0.15, -0.1) is 0 Å². The maximum atomic E-state index is 8.86. The molecule has 0 aliphatic carbocycles. The van der Waals surface area contributed by atoms with E-state index in [0.717, 1.165) is 37.5 Å². The van der Waals surface area contributed by atoms with Gasteiger partial charge in [-0.2, -0.15) is 5.26 Å². The number of ether oxygens (including phenoxy) is 1. The smallest absolute Gasteiger partial charge is 0.140 e. The summed E-state index contributed by atoms with van der Waals surface area (Å²) in [5.74, 6) is 0.955. The van der Waals surface area contributed by atoms with E-state index in [2.05, 4.69) is 47.3 Å². The van der Waals surface area contributed by atoms with Crippen molar-refractivity contribution in [3.05, 3.63) is 59.4 Å². The number of rotatable bonds is 5. The third kappa shape index (κ3) is 4.56. The van der Waals surface area contributed by atoms with Crippen LogP contribution in [0.2, 0.25) is 0 Å². The lowest BCUT2D eigenvalue weighted by molar-refractivity contribution is 0.186. The summed E-state index contributed by atoms with van der Waals surface area (Å²) in [6.07, 6.45) is 1.95. The van der Waals surface area contributed by atoms with Crippen molar-refractivity contribution in [2.75, 3.05) is 19.6 Å². The first-order valence-corrected chi connectivity index (χ1v) is 8.72. The van der Waals surface area contributed by atoms with E-state index < -0.39 is 0 Å². The van der Waals surface area contributed by atoms with Crippen molar-refractivity contribution in [1.82, 2.24) is 15.2 Å². The Hall–Kier alpha value is -2.42. The normalized spacial score (nSPS) is 18.1. The largest absolute Gasteiger partial charge is 0.491 e. The molecule has 1 atom stereocenters. The van der Waals surface area contributed by atoms with Crippen LogP contribution in [0.4, 0.5) is 0 Å². The van der Waals surface area contributed by atoms with Gasteiger partial charge in [0.25, 0.3) is 0 Å². The van der Waals surface area contributed by atoms with E-state index in [9.17, 15) is 0 Å². The lowest BCUT2D eigenvalue weighted by atomic mass is 10.0. The summed E-state index contributed by atoms with van der Waals surface area (Å²) in [7, 11) is 0. The zero-order valence-electron chi connectivity index (χ0n) is 14.8. The average Bonchev–Trinajstić information content (AvgIpc) is 2.62. The molecular formula is C20H24N4O. The predicted molar refractivity (Wildman–Crippen MR) is 97.2 cm³/mol. The number of nitriles is 1. The third-order valence-electron chi connectivity index (χ3n) is 4.26. The number of nitrogens with zero attached hydrogens (tertiary/aromatic N) is 3. The molecule has 1 aliphatic heterocycles. The van der Waals surface area contributed by atoms with Crippen molar-refractivity contribution in [3.8, 4) is 11.8 Å². The zero-order chi connectivity index (χ0) is 17.6. The monoisotopic (exact) mass is 336 g/mol. The van der Waals surface area contributed by atoms with Crippen molar-refractivity contribution in [2.24, 2.45) is 0 Å². The molecule has 1 aromatic heterocycles. The highest BCUT2D eigenvalue weighted by Gasteiger charge is 2.23. The van der Waals surface area contributed by atoms with Crippen molar-refractivity contribution < 1.29 is 4.74 Å². The van der Waals surface area contributed by atoms with Gasteiger partial charge in [0, 0.05) is 44.0 Å². The fraction of sp³-hybridized carbons (Fsp3) is 0.400. The molecule has 25 heavy (non-hydrogen) atoms. The summed E-state index contributed by atoms with van der Waals surface area (Å²) in [5.41, 5.74) is 2.80. The second-order valence-corrected chi connectivity index (χ2v) is 6.61. The van der Waals surface area contributed by atoms with Gasteiger partial charge in [-0.1, -0.05) is 24.3 Å². The minimum Gasteiger partial charge on any atom is -0.491 e. The molecular weight excluding hydrogens is 312 g/mol. The predicted octanol–water partition coefficient (Wildman–Crippen LogP) is 2.89. The molecule has 5 heteroatoms. The number of hydrogen-bond acceptors (Lipinski definition) is 5. The first-order chi connectivity index (χ1) is 12.2. The van der Waals surface area contributed by atoms with Gasteiger partial charge in [-0.3, -0.25) is 4.90 Å². The fourth-order valence-corrected chi connectivity index (χ4v) is 3.13. The van der Waals surface area contributed by atoms with Crippen molar-refractivity contribution in [3.63, 3.8) is 0 Å². The van der Waals surface area contributed by atoms with Crippen molar-refractivity contribution in [2.45, 2.75) is 32.5 Å². The topological polar surface area (TPSA) is 61.2 Å². The SMILES string of the molecule is CC(C)Oc1ccccc1[C@@H]1CN(Cc2ccc(C#N)nc2)CCN1. The van der Waals surface area contributed by atoms with Crippen LogP contribution >= 0.6 is 0 Å². The number of hydrogen-bond donors (Lipinski definition) is 1. The van der Waals surface area contributed by atoms with Gasteiger partial charge in [0.1, 0.15) is 17.5 Å². The van der Waals surface area contributed by atoms with Gasteiger partial charge in [0.15, 0.2) is 0 Å². The summed E-state index contributed by atoms with van der Waals surface area (Å²) >= 11 is 0. The standard InChI is InChI=1S/C20H24N4O/c1-15(2)25-20-6-4-3-5-18(20)19-14-24(10-9-22-19)13-16-7-8-17(11-21)23-12-16/h3-8,12,15,19,22H,9-10,13-14H2,1-2H3/t19-/m0/s1. The summed E-state index contributed by atoms with van der Waals surface area (Å²) in [5, 5.41) is 12.5. The Morgan fingerprint density at radius 3 is 2.88 bits per heavy atom. The molecule has 1 aliphatic rings. The van der Waals surface area contributed by atoms with Crippen LogP contribution in [0.3, 0.4) is 0 Å². The van der Waals surface area contributed by atoms with Gasteiger partial charge >= 0.3 is 0 Å². The number of nitrogens with one attached hydrogen (secondary N) is 1. The minimum atomic E-state index is 0.158. The Balaban J connectivity index is 1.70. The lowest BCUT2D eigenvalue weighted by Gasteiger charge is -2.34. The second kappa shape index (κ2) is 8.11. The quantitative estimate of drug-likeness (QED) is 0.910. The molecule has 0 radical (unpaired) electrons. The van der Waals surface area contributed by atoms with Crippen LogP contribution in [0, 0.1) is 11.3 Å². The number of piperazine rings is 1. The number of pyridine rings is 1. The highest BCUT2D eigenvalue weighted by atomic mass is 16.5. The molecule has 2 heterocycles. The first kappa shape index (κ1) is 17.4. The molecule has 2 aromatic rings. The van der Waals surface area contributed by atoms with E-state index >= 15 is 0 Å². The molecule has 0 bridgehead atoms. The van der Waals surface area contributed by atoms with Crippen molar-refractivity contribution in [1.29, 1.82) is 5.26 Å². The van der Waals surface area contributed by atoms with Crippen LogP contribution in [0.15, 0.2) is 42.6 Å². The molecule has 0 saturated carbocycles. The maximum Gasteiger partial charge on any atom is 0.140 e. The van der Waals surface area contributed by atoms with E-state index in [4.69, 9.17) is 10.00 Å². The van der Waals surface area contributed by atoms with Crippen LogP contribution in [-0.2, 0) is 6.54 Å². The molecule has 1 N–H and O–H groups in total. The summed E-state index contributed by atoms with van der Waals surface area (Å²) < 4.78 is 5.98. The number of aromatic nitrogens is 1. The molecule has 3 rings (SSSR count). The summed E-state index contributed by atoms with van der Waals surface area (Å²) in [4.78, 5) is 6.58. The van der Waals surface area contributed by atoms with Crippen LogP contribution in [0.5, 0.6) is 5.75 Å². The lowest BCUT2D eigenvalue weighted by Crippen LogP contribution is -2.45. The van der Waals surface area contributed by atoms with E-state index in [1.165, 1.54) is 5.56 Å². The van der Waals surface area contributed by atoms with Gasteiger partial charge < -0.3 is 10.1 Å². The second-order valence-electron chi connectivity index (χ2n) is 6.61. The highest BCUT2D eigenvalue weighted by Crippen LogP contribution is 2.28. The Labute approximate surface area is 149 Å². The Bertz CT molecular complexity index is 736. The highest BCUT2D eigenvalue weighted by molar-refractivity contribution is 5.36. The van der Waals surface area contributed by atoms with Gasteiger partial charge in [-0.05, 0) is 31.5 Å². The Morgan fingerprint density at radius 2 is 2.16 bits per heavy atom. The molecule has 0 unspecified atom stereocenters. The number of benzene rings is 1. The average molecular weight is 336 g/mol. The molecule has 130 valence electrons. The fourth-order valence-electron chi connectivity index (χ4n) is 3.13. The van der Waals surface area contributed by atoms with Gasteiger partial charge in [-0.25, -0.2) is 4.98 Å². The van der Waals surface area contributed by atoms with Crippen LogP contribution in [0.1, 0.15) is 36.7 Å². The summed E-state index contributed by atoms with van der Waals surface area (Å²) in [6.45, 7) is 7.78.